The lowest BCUT2D eigenvalue weighted by Crippen LogP contribution is -2.66. The second kappa shape index (κ2) is 7.83. The Kier molecular flexibility index (Phi) is 5.20. The maximum Gasteiger partial charge on any atom is 0.309 e. The molecule has 9 unspecified atom stereocenters. The van der Waals surface area contributed by atoms with E-state index >= 15 is 0 Å². The van der Waals surface area contributed by atoms with Crippen molar-refractivity contribution >= 4 is 16.9 Å². The van der Waals surface area contributed by atoms with Crippen LogP contribution >= 0.6 is 0 Å². The lowest BCUT2D eigenvalue weighted by Gasteiger charge is -2.72. The maximum atomic E-state index is 12.9. The number of fused-ring (bicyclic) bond motifs is 10. The Morgan fingerprint density at radius 2 is 1.67 bits per heavy atom. The predicted molar refractivity (Wildman–Crippen MR) is 159 cm³/mol. The highest BCUT2D eigenvalue weighted by Crippen LogP contribution is 2.77. The van der Waals surface area contributed by atoms with Gasteiger partial charge in [0.25, 0.3) is 0 Å². The van der Waals surface area contributed by atoms with E-state index in [-0.39, 0.29) is 27.6 Å². The number of allylic oxidation sites excluding steroid dienone is 1. The molecule has 3 nitrogen and oxygen atoms in total. The van der Waals surface area contributed by atoms with Crippen LogP contribution in [-0.4, -0.2) is 16.1 Å². The van der Waals surface area contributed by atoms with Crippen molar-refractivity contribution in [3.05, 3.63) is 47.7 Å². The van der Waals surface area contributed by atoms with Crippen molar-refractivity contribution in [2.75, 3.05) is 0 Å². The van der Waals surface area contributed by atoms with Crippen molar-refractivity contribution in [1.82, 2.24) is 4.98 Å². The van der Waals surface area contributed by atoms with E-state index < -0.39 is 11.4 Å². The topological polar surface area (TPSA) is 53.1 Å². The number of para-hydroxylation sites is 1. The van der Waals surface area contributed by atoms with Gasteiger partial charge in [-0.15, -0.1) is 0 Å². The normalized spacial score (nSPS) is 45.9. The van der Waals surface area contributed by atoms with Crippen LogP contribution in [0, 0.1) is 51.2 Å². The quantitative estimate of drug-likeness (QED) is 0.383. The van der Waals surface area contributed by atoms with Gasteiger partial charge >= 0.3 is 5.97 Å². The molecule has 0 aliphatic heterocycles. The summed E-state index contributed by atoms with van der Waals surface area (Å²) in [6.07, 6.45) is 9.91. The van der Waals surface area contributed by atoms with Gasteiger partial charge in [0.15, 0.2) is 0 Å². The van der Waals surface area contributed by atoms with Gasteiger partial charge in [-0.25, -0.2) is 0 Å². The second-order valence-corrected chi connectivity index (χ2v) is 16.1. The number of carboxylic acid groups (broad SMARTS) is 1. The number of H-pyrrole nitrogens is 1. The van der Waals surface area contributed by atoms with Crippen LogP contribution < -0.4 is 0 Å². The van der Waals surface area contributed by atoms with E-state index in [1.54, 1.807) is 5.56 Å². The van der Waals surface area contributed by atoms with Gasteiger partial charge in [0.1, 0.15) is 0 Å². The van der Waals surface area contributed by atoms with Crippen LogP contribution in [0.2, 0.25) is 0 Å². The van der Waals surface area contributed by atoms with Crippen LogP contribution in [0.3, 0.4) is 0 Å². The van der Waals surface area contributed by atoms with Gasteiger partial charge in [-0.2, -0.15) is 0 Å². The first-order valence-corrected chi connectivity index (χ1v) is 15.8. The minimum Gasteiger partial charge on any atom is -0.481 e. The van der Waals surface area contributed by atoms with E-state index in [0.29, 0.717) is 23.7 Å². The summed E-state index contributed by atoms with van der Waals surface area (Å²) in [4.78, 5) is 16.8. The molecule has 9 atom stereocenters. The molecule has 0 radical (unpaired) electrons. The van der Waals surface area contributed by atoms with E-state index in [1.807, 2.05) is 0 Å². The second-order valence-electron chi connectivity index (χ2n) is 16.1. The fourth-order valence-corrected chi connectivity index (χ4v) is 12.8. The first kappa shape index (κ1) is 25.9. The zero-order valence-electron chi connectivity index (χ0n) is 25.1. The molecule has 3 heteroatoms. The van der Waals surface area contributed by atoms with Crippen molar-refractivity contribution < 1.29 is 9.90 Å². The number of aliphatic carboxylic acids is 1. The minimum absolute atomic E-state index is 0.113. The number of aromatic amines is 1. The zero-order chi connectivity index (χ0) is 27.8. The summed E-state index contributed by atoms with van der Waals surface area (Å²) >= 11 is 0. The summed E-state index contributed by atoms with van der Waals surface area (Å²) < 4.78 is 0. The summed E-state index contributed by atoms with van der Waals surface area (Å²) in [7, 11) is 0. The molecule has 7 rings (SSSR count). The Morgan fingerprint density at radius 3 is 2.38 bits per heavy atom. The Hall–Kier alpha value is -2.03. The number of aromatic nitrogens is 1. The Morgan fingerprint density at radius 1 is 0.923 bits per heavy atom. The highest BCUT2D eigenvalue weighted by atomic mass is 16.4. The van der Waals surface area contributed by atoms with Crippen LogP contribution in [0.15, 0.2) is 36.4 Å². The van der Waals surface area contributed by atoms with E-state index in [0.717, 1.165) is 25.7 Å². The highest BCUT2D eigenvalue weighted by molar-refractivity contribution is 5.85. The monoisotopic (exact) mass is 527 g/mol. The van der Waals surface area contributed by atoms with Crippen molar-refractivity contribution in [2.45, 2.75) is 105 Å². The summed E-state index contributed by atoms with van der Waals surface area (Å²) in [6, 6.07) is 8.94. The van der Waals surface area contributed by atoms with Crippen LogP contribution in [0.5, 0.6) is 0 Å². The largest absolute Gasteiger partial charge is 0.481 e. The van der Waals surface area contributed by atoms with Gasteiger partial charge in [0.2, 0.25) is 0 Å². The molecule has 1 aromatic heterocycles. The van der Waals surface area contributed by atoms with Crippen molar-refractivity contribution in [3.8, 4) is 0 Å². The van der Waals surface area contributed by atoms with E-state index in [1.165, 1.54) is 54.3 Å². The molecule has 0 bridgehead atoms. The third kappa shape index (κ3) is 2.93. The number of carboxylic acids is 1. The average molecular weight is 528 g/mol. The van der Waals surface area contributed by atoms with Crippen LogP contribution in [0.4, 0.5) is 0 Å². The Balaban J connectivity index is 1.33. The third-order valence-corrected chi connectivity index (χ3v) is 14.6. The number of carbonyl (C=O) groups is 1. The summed E-state index contributed by atoms with van der Waals surface area (Å²) in [5, 5.41) is 12.1. The average Bonchev–Trinajstić information content (AvgIpc) is 3.45. The summed E-state index contributed by atoms with van der Waals surface area (Å²) in [5.41, 5.74) is 5.78. The van der Waals surface area contributed by atoms with Crippen molar-refractivity contribution in [3.63, 3.8) is 0 Å². The fourth-order valence-electron chi connectivity index (χ4n) is 12.8. The highest BCUT2D eigenvalue weighted by Gasteiger charge is 2.72. The SMILES string of the molecule is C=C(C)C1CCC2(C(=O)O)CCC3(C)C(CCC4C5(C)Cc6c([nH]c7ccccc67)C(C)(C)C5CCC43C)C12. The maximum absolute atomic E-state index is 12.9. The van der Waals surface area contributed by atoms with Crippen molar-refractivity contribution in [1.29, 1.82) is 0 Å². The number of hydrogen-bond acceptors (Lipinski definition) is 1. The predicted octanol–water partition coefficient (Wildman–Crippen LogP) is 8.92. The van der Waals surface area contributed by atoms with Gasteiger partial charge < -0.3 is 10.1 Å². The number of benzene rings is 1. The molecule has 2 N–H and O–H groups in total. The summed E-state index contributed by atoms with van der Waals surface area (Å²) in [5.74, 6) is 1.88. The number of rotatable bonds is 2. The molecule has 0 saturated heterocycles. The third-order valence-electron chi connectivity index (χ3n) is 14.6. The first-order valence-electron chi connectivity index (χ1n) is 15.8. The Labute approximate surface area is 235 Å². The molecule has 5 aliphatic carbocycles. The molecular formula is C36H49NO2. The zero-order valence-corrected chi connectivity index (χ0v) is 25.1. The standard InChI is InChI=1S/C36H49NO2/c1-21(2)22-14-17-36(31(38)39)19-18-34(6)25(29(22)36)12-13-28-33(5)20-24-23-10-8-9-11-26(23)37-30(24)32(3,4)27(33)15-16-35(28,34)7/h8-11,22,25,27-29,37H,1,12-20H2,2-7H3,(H,38,39). The van der Waals surface area contributed by atoms with Gasteiger partial charge in [0.05, 0.1) is 5.41 Å². The van der Waals surface area contributed by atoms with Gasteiger partial charge in [-0.05, 0) is 122 Å². The Bertz CT molecular complexity index is 1380. The number of nitrogens with one attached hydrogen (secondary N) is 1. The molecule has 210 valence electrons. The fraction of sp³-hybridized carbons (Fsp3) is 0.694. The number of hydrogen-bond donors (Lipinski definition) is 2. The molecule has 1 aromatic carbocycles. The molecule has 0 amide bonds. The van der Waals surface area contributed by atoms with Crippen LogP contribution in [0.25, 0.3) is 10.9 Å². The molecule has 0 spiro atoms. The molecule has 4 saturated carbocycles. The van der Waals surface area contributed by atoms with Crippen LogP contribution in [0.1, 0.15) is 104 Å². The smallest absolute Gasteiger partial charge is 0.309 e. The lowest BCUT2D eigenvalue weighted by molar-refractivity contribution is -0.227. The molecule has 5 aliphatic rings. The van der Waals surface area contributed by atoms with Gasteiger partial charge in [-0.1, -0.05) is 65.0 Å². The molecular weight excluding hydrogens is 478 g/mol. The molecule has 4 fully saturated rings. The molecule has 39 heavy (non-hydrogen) atoms. The van der Waals surface area contributed by atoms with E-state index in [4.69, 9.17) is 0 Å². The molecule has 2 aromatic rings. The van der Waals surface area contributed by atoms with E-state index in [9.17, 15) is 9.90 Å². The van der Waals surface area contributed by atoms with Gasteiger partial charge in [0, 0.05) is 22.0 Å². The first-order chi connectivity index (χ1) is 18.3. The lowest BCUT2D eigenvalue weighted by atomic mass is 9.32. The van der Waals surface area contributed by atoms with E-state index in [2.05, 4.69) is 77.4 Å². The van der Waals surface area contributed by atoms with Gasteiger partial charge in [-0.3, -0.25) is 4.79 Å². The minimum atomic E-state index is -0.538. The van der Waals surface area contributed by atoms with Crippen molar-refractivity contribution in [2.24, 2.45) is 51.2 Å². The van der Waals surface area contributed by atoms with Crippen LogP contribution in [-0.2, 0) is 16.6 Å². The molecule has 1 heterocycles. The summed E-state index contributed by atoms with van der Waals surface area (Å²) in [6.45, 7) is 19.5.